The molecule has 2 N–H and O–H groups in total. The van der Waals surface area contributed by atoms with Crippen LogP contribution in [0.15, 0.2) is 34.2 Å². The van der Waals surface area contributed by atoms with Crippen LogP contribution >= 0.6 is 35.7 Å². The lowest BCUT2D eigenvalue weighted by atomic mass is 10.1. The van der Waals surface area contributed by atoms with Crippen LogP contribution < -0.4 is 10.0 Å². The van der Waals surface area contributed by atoms with Crippen molar-refractivity contribution >= 4 is 51.7 Å². The summed E-state index contributed by atoms with van der Waals surface area (Å²) in [7, 11) is -1.98. The van der Waals surface area contributed by atoms with Gasteiger partial charge in [-0.15, -0.1) is 24.0 Å². The number of hydrogen-bond acceptors (Lipinski definition) is 4. The summed E-state index contributed by atoms with van der Waals surface area (Å²) in [5, 5.41) is 4.01. The number of aliphatic imine (C=N–C) groups is 1. The largest absolute Gasteiger partial charge is 0.357 e. The molecule has 1 atom stereocenters. The second kappa shape index (κ2) is 11.5. The van der Waals surface area contributed by atoms with Crippen molar-refractivity contribution in [1.29, 1.82) is 0 Å². The molecule has 0 aliphatic carbocycles. The Kier molecular flexibility index (Phi) is 10.4. The second-order valence-electron chi connectivity index (χ2n) is 6.62. The van der Waals surface area contributed by atoms with Crippen LogP contribution in [0.2, 0.25) is 0 Å². The Labute approximate surface area is 185 Å². The minimum absolute atomic E-state index is 0. The molecule has 0 aromatic heterocycles. The first-order valence-corrected chi connectivity index (χ1v) is 11.6. The number of hydrogen-bond donors (Lipinski definition) is 2. The average Bonchev–Trinajstić information content (AvgIpc) is 2.65. The van der Waals surface area contributed by atoms with Crippen LogP contribution in [0.25, 0.3) is 0 Å². The lowest BCUT2D eigenvalue weighted by molar-refractivity contribution is 0.381. The van der Waals surface area contributed by atoms with Crippen molar-refractivity contribution in [3.05, 3.63) is 29.8 Å². The van der Waals surface area contributed by atoms with Crippen molar-refractivity contribution in [2.75, 3.05) is 32.4 Å². The van der Waals surface area contributed by atoms with Gasteiger partial charge in [-0.1, -0.05) is 26.0 Å². The molecule has 1 fully saturated rings. The smallest absolute Gasteiger partial charge is 0.240 e. The van der Waals surface area contributed by atoms with E-state index in [9.17, 15) is 8.42 Å². The molecule has 1 unspecified atom stereocenters. The van der Waals surface area contributed by atoms with Gasteiger partial charge in [0.05, 0.1) is 11.4 Å². The van der Waals surface area contributed by atoms with E-state index >= 15 is 0 Å². The highest BCUT2D eigenvalue weighted by Crippen LogP contribution is 2.25. The summed E-state index contributed by atoms with van der Waals surface area (Å²) in [6.45, 7) is 9.97. The highest BCUT2D eigenvalue weighted by atomic mass is 127. The highest BCUT2D eigenvalue weighted by molar-refractivity contribution is 14.0. The molecule has 0 radical (unpaired) electrons. The van der Waals surface area contributed by atoms with Gasteiger partial charge < -0.3 is 10.2 Å². The molecule has 0 saturated carbocycles. The summed E-state index contributed by atoms with van der Waals surface area (Å²) >= 11 is 2.04. The standard InChI is InChI=1S/C18H30N4O2S2.HI/c1-5-20-18(22-10-11-25-17(13-22)14(2)3)21-12-15-6-8-16(9-7-15)26(23,24)19-4;/h6-9,14,17,19H,5,10-13H2,1-4H3,(H,20,21);1H. The molecule has 2 rings (SSSR count). The number of halogens is 1. The van der Waals surface area contributed by atoms with Gasteiger partial charge in [0.15, 0.2) is 5.96 Å². The average molecular weight is 527 g/mol. The predicted molar refractivity (Wildman–Crippen MR) is 126 cm³/mol. The minimum Gasteiger partial charge on any atom is -0.357 e. The van der Waals surface area contributed by atoms with E-state index in [1.165, 1.54) is 7.05 Å². The molecule has 154 valence electrons. The van der Waals surface area contributed by atoms with Gasteiger partial charge >= 0.3 is 0 Å². The third-order valence-corrected chi connectivity index (χ3v) is 7.36. The Bertz CT molecular complexity index is 709. The van der Waals surface area contributed by atoms with Gasteiger partial charge in [0.25, 0.3) is 0 Å². The van der Waals surface area contributed by atoms with Crippen molar-refractivity contribution < 1.29 is 8.42 Å². The van der Waals surface area contributed by atoms with Gasteiger partial charge in [0.1, 0.15) is 0 Å². The summed E-state index contributed by atoms with van der Waals surface area (Å²) in [6.07, 6.45) is 0. The Morgan fingerprint density at radius 3 is 2.56 bits per heavy atom. The molecule has 0 amide bonds. The summed E-state index contributed by atoms with van der Waals surface area (Å²) in [6, 6.07) is 6.88. The summed E-state index contributed by atoms with van der Waals surface area (Å²) < 4.78 is 25.9. The molecule has 0 spiro atoms. The fraction of sp³-hybridized carbons (Fsp3) is 0.611. The van der Waals surface area contributed by atoms with E-state index in [0.29, 0.717) is 17.7 Å². The van der Waals surface area contributed by atoms with E-state index in [2.05, 4.69) is 35.7 Å². The Morgan fingerprint density at radius 1 is 1.33 bits per heavy atom. The lowest BCUT2D eigenvalue weighted by Crippen LogP contribution is -2.49. The van der Waals surface area contributed by atoms with Crippen LogP contribution in [-0.4, -0.2) is 57.0 Å². The maximum atomic E-state index is 11.8. The number of guanidine groups is 1. The zero-order valence-electron chi connectivity index (χ0n) is 16.4. The monoisotopic (exact) mass is 526 g/mol. The Hall–Kier alpha value is -0.520. The SMILES string of the molecule is CCNC(=NCc1ccc(S(=O)(=O)NC)cc1)N1CCSC(C(C)C)C1.I. The number of nitrogens with one attached hydrogen (secondary N) is 2. The van der Waals surface area contributed by atoms with Crippen molar-refractivity contribution in [3.63, 3.8) is 0 Å². The number of nitrogens with zero attached hydrogens (tertiary/aromatic N) is 2. The molecule has 1 heterocycles. The van der Waals surface area contributed by atoms with Crippen LogP contribution in [0.3, 0.4) is 0 Å². The van der Waals surface area contributed by atoms with Crippen LogP contribution in [0.1, 0.15) is 26.3 Å². The van der Waals surface area contributed by atoms with Crippen LogP contribution in [-0.2, 0) is 16.6 Å². The number of rotatable bonds is 6. The maximum Gasteiger partial charge on any atom is 0.240 e. The van der Waals surface area contributed by atoms with E-state index in [1.807, 2.05) is 23.9 Å². The maximum absolute atomic E-state index is 11.8. The molecule has 9 heteroatoms. The van der Waals surface area contributed by atoms with E-state index < -0.39 is 10.0 Å². The third-order valence-electron chi connectivity index (χ3n) is 4.39. The number of thioether (sulfide) groups is 1. The summed E-state index contributed by atoms with van der Waals surface area (Å²) in [5.41, 5.74) is 0.988. The first-order chi connectivity index (χ1) is 12.4. The topological polar surface area (TPSA) is 73.8 Å². The minimum atomic E-state index is -3.40. The van der Waals surface area contributed by atoms with Gasteiger partial charge in [-0.25, -0.2) is 18.1 Å². The predicted octanol–water partition coefficient (Wildman–Crippen LogP) is 2.75. The second-order valence-corrected chi connectivity index (χ2v) is 9.85. The fourth-order valence-electron chi connectivity index (χ4n) is 2.75. The van der Waals surface area contributed by atoms with Crippen molar-refractivity contribution in [1.82, 2.24) is 14.9 Å². The quantitative estimate of drug-likeness (QED) is 0.339. The molecule has 1 aliphatic rings. The lowest BCUT2D eigenvalue weighted by Gasteiger charge is -2.36. The Balaban J connectivity index is 0.00000364. The van der Waals surface area contributed by atoms with E-state index in [0.717, 1.165) is 36.9 Å². The molecule has 1 saturated heterocycles. The molecule has 1 aromatic carbocycles. The molecule has 6 nitrogen and oxygen atoms in total. The molecular formula is C18H31IN4O2S2. The van der Waals surface area contributed by atoms with E-state index in [1.54, 1.807) is 12.1 Å². The molecule has 1 aromatic rings. The van der Waals surface area contributed by atoms with Gasteiger partial charge in [0.2, 0.25) is 10.0 Å². The first-order valence-electron chi connectivity index (χ1n) is 9.04. The van der Waals surface area contributed by atoms with Gasteiger partial charge in [-0.2, -0.15) is 11.8 Å². The van der Waals surface area contributed by atoms with E-state index in [4.69, 9.17) is 4.99 Å². The Morgan fingerprint density at radius 2 is 2.00 bits per heavy atom. The third kappa shape index (κ3) is 7.10. The van der Waals surface area contributed by atoms with Gasteiger partial charge in [-0.3, -0.25) is 0 Å². The van der Waals surface area contributed by atoms with Crippen molar-refractivity contribution in [3.8, 4) is 0 Å². The zero-order valence-corrected chi connectivity index (χ0v) is 20.4. The molecule has 0 bridgehead atoms. The summed E-state index contributed by atoms with van der Waals surface area (Å²) in [4.78, 5) is 7.38. The van der Waals surface area contributed by atoms with Crippen molar-refractivity contribution in [2.24, 2.45) is 10.9 Å². The molecule has 1 aliphatic heterocycles. The zero-order chi connectivity index (χ0) is 19.2. The first kappa shape index (κ1) is 24.5. The number of benzene rings is 1. The van der Waals surface area contributed by atoms with Crippen LogP contribution in [0.5, 0.6) is 0 Å². The summed E-state index contributed by atoms with van der Waals surface area (Å²) in [5.74, 6) is 2.70. The number of sulfonamides is 1. The van der Waals surface area contributed by atoms with Crippen LogP contribution in [0, 0.1) is 5.92 Å². The highest BCUT2D eigenvalue weighted by Gasteiger charge is 2.24. The van der Waals surface area contributed by atoms with Gasteiger partial charge in [-0.05, 0) is 37.6 Å². The fourth-order valence-corrected chi connectivity index (χ4v) is 4.78. The molecule has 27 heavy (non-hydrogen) atoms. The molecular weight excluding hydrogens is 495 g/mol. The normalized spacial score (nSPS) is 18.3. The van der Waals surface area contributed by atoms with E-state index in [-0.39, 0.29) is 28.9 Å². The van der Waals surface area contributed by atoms with Gasteiger partial charge in [0, 0.05) is 30.6 Å². The van der Waals surface area contributed by atoms with Crippen LogP contribution in [0.4, 0.5) is 0 Å². The van der Waals surface area contributed by atoms with Crippen molar-refractivity contribution in [2.45, 2.75) is 37.5 Å².